The Morgan fingerprint density at radius 3 is 2.19 bits per heavy atom. The van der Waals surface area contributed by atoms with Crippen LogP contribution in [0.2, 0.25) is 0 Å². The lowest BCUT2D eigenvalue weighted by molar-refractivity contribution is -0.151. The number of morpholine rings is 1. The molecule has 2 unspecified atom stereocenters. The molecule has 2 amide bonds. The molecule has 1 saturated heterocycles. The zero-order valence-corrected chi connectivity index (χ0v) is 19.3. The van der Waals surface area contributed by atoms with Gasteiger partial charge in [-0.1, -0.05) is 54.6 Å². The molecule has 1 fully saturated rings. The van der Waals surface area contributed by atoms with Gasteiger partial charge in [0.15, 0.2) is 0 Å². The molecule has 2 atom stereocenters. The highest BCUT2D eigenvalue weighted by atomic mass is 16.6. The van der Waals surface area contributed by atoms with Crippen molar-refractivity contribution in [1.82, 2.24) is 10.2 Å². The van der Waals surface area contributed by atoms with E-state index in [2.05, 4.69) is 5.32 Å². The molecule has 0 aromatic heterocycles. The van der Waals surface area contributed by atoms with Crippen LogP contribution < -0.4 is 5.32 Å². The quantitative estimate of drug-likeness (QED) is 0.789. The number of fused-ring (bicyclic) bond motifs is 1. The van der Waals surface area contributed by atoms with Gasteiger partial charge in [-0.15, -0.1) is 0 Å². The van der Waals surface area contributed by atoms with Crippen LogP contribution in [0.5, 0.6) is 0 Å². The van der Waals surface area contributed by atoms with Crippen molar-refractivity contribution >= 4 is 12.0 Å². The van der Waals surface area contributed by atoms with Crippen molar-refractivity contribution in [2.24, 2.45) is 0 Å². The number of hydrogen-bond acceptors (Lipinski definition) is 4. The van der Waals surface area contributed by atoms with Gasteiger partial charge in [0.1, 0.15) is 17.2 Å². The number of carbonyl (C=O) groups is 2. The highest BCUT2D eigenvalue weighted by Crippen LogP contribution is 2.34. The van der Waals surface area contributed by atoms with Crippen LogP contribution in [0.25, 0.3) is 0 Å². The van der Waals surface area contributed by atoms with Gasteiger partial charge in [0.25, 0.3) is 0 Å². The van der Waals surface area contributed by atoms with E-state index in [1.807, 2.05) is 87.2 Å². The van der Waals surface area contributed by atoms with E-state index in [-0.39, 0.29) is 18.1 Å². The molecule has 1 heterocycles. The molecule has 1 aliphatic heterocycles. The molecule has 2 aliphatic rings. The third-order valence-electron chi connectivity index (χ3n) is 5.97. The van der Waals surface area contributed by atoms with E-state index in [0.29, 0.717) is 25.9 Å². The predicted molar refractivity (Wildman–Crippen MR) is 122 cm³/mol. The summed E-state index contributed by atoms with van der Waals surface area (Å²) in [4.78, 5) is 28.6. The van der Waals surface area contributed by atoms with E-state index in [9.17, 15) is 9.59 Å². The summed E-state index contributed by atoms with van der Waals surface area (Å²) in [6.07, 6.45) is 0.0116. The van der Waals surface area contributed by atoms with Gasteiger partial charge < -0.3 is 19.7 Å². The van der Waals surface area contributed by atoms with Gasteiger partial charge in [-0.3, -0.25) is 4.79 Å². The van der Waals surface area contributed by atoms with Crippen LogP contribution in [0.15, 0.2) is 54.6 Å². The van der Waals surface area contributed by atoms with Gasteiger partial charge in [-0.25, -0.2) is 4.79 Å². The average Bonchev–Trinajstić information content (AvgIpc) is 3.11. The summed E-state index contributed by atoms with van der Waals surface area (Å²) in [6, 6.07) is 17.9. The van der Waals surface area contributed by atoms with E-state index in [4.69, 9.17) is 9.47 Å². The Bertz CT molecular complexity index is 958. The Kier molecular flexibility index (Phi) is 5.99. The molecule has 0 spiro atoms. The van der Waals surface area contributed by atoms with Gasteiger partial charge >= 0.3 is 6.09 Å². The molecule has 0 bridgehead atoms. The molecule has 170 valence electrons. The van der Waals surface area contributed by atoms with Crippen LogP contribution in [-0.4, -0.2) is 47.2 Å². The van der Waals surface area contributed by atoms with Crippen molar-refractivity contribution in [2.75, 3.05) is 13.1 Å². The number of rotatable bonds is 3. The van der Waals surface area contributed by atoms with E-state index >= 15 is 0 Å². The van der Waals surface area contributed by atoms with Gasteiger partial charge in [0, 0.05) is 19.4 Å². The first kappa shape index (κ1) is 22.3. The first-order chi connectivity index (χ1) is 15.2. The maximum Gasteiger partial charge on any atom is 0.408 e. The molecule has 0 radical (unpaired) electrons. The van der Waals surface area contributed by atoms with Crippen LogP contribution in [0, 0.1) is 0 Å². The number of carbonyl (C=O) groups excluding carboxylic acids is 2. The first-order valence-corrected chi connectivity index (χ1v) is 11.2. The van der Waals surface area contributed by atoms with Crippen molar-refractivity contribution in [3.05, 3.63) is 71.3 Å². The third kappa shape index (κ3) is 4.80. The summed E-state index contributed by atoms with van der Waals surface area (Å²) in [5, 5.41) is 2.97. The number of nitrogens with one attached hydrogen (secondary N) is 1. The molecule has 6 nitrogen and oxygen atoms in total. The molecule has 2 aromatic rings. The fourth-order valence-electron chi connectivity index (χ4n) is 4.68. The topological polar surface area (TPSA) is 67.9 Å². The highest BCUT2D eigenvalue weighted by Gasteiger charge is 2.49. The first-order valence-electron chi connectivity index (χ1n) is 11.2. The Balaban J connectivity index is 1.61. The van der Waals surface area contributed by atoms with E-state index < -0.39 is 17.2 Å². The lowest BCUT2D eigenvalue weighted by atomic mass is 9.92. The van der Waals surface area contributed by atoms with Gasteiger partial charge in [-0.05, 0) is 44.4 Å². The molecular weight excluding hydrogens is 404 g/mol. The summed E-state index contributed by atoms with van der Waals surface area (Å²) in [5.74, 6) is -0.0874. The lowest BCUT2D eigenvalue weighted by Crippen LogP contribution is -2.63. The van der Waals surface area contributed by atoms with E-state index in [0.717, 1.165) is 16.7 Å². The number of benzene rings is 2. The zero-order valence-electron chi connectivity index (χ0n) is 19.3. The van der Waals surface area contributed by atoms with Crippen molar-refractivity contribution < 1.29 is 19.1 Å². The molecule has 0 saturated carbocycles. The Labute approximate surface area is 189 Å². The summed E-state index contributed by atoms with van der Waals surface area (Å²) in [6.45, 7) is 8.36. The third-order valence-corrected chi connectivity index (χ3v) is 5.97. The summed E-state index contributed by atoms with van der Waals surface area (Å²) >= 11 is 0. The largest absolute Gasteiger partial charge is 0.444 e. The summed E-state index contributed by atoms with van der Waals surface area (Å²) in [5.41, 5.74) is 1.49. The number of ether oxygens (including phenoxy) is 2. The SMILES string of the molecule is CC1CN(C(=O)C2(NC(=O)OC(C)(C)C)Cc3ccccc3C2)CC(c2ccccc2)O1. The van der Waals surface area contributed by atoms with Gasteiger partial charge in [0.2, 0.25) is 5.91 Å². The lowest BCUT2D eigenvalue weighted by Gasteiger charge is -2.41. The maximum absolute atomic E-state index is 14.0. The molecule has 2 aromatic carbocycles. The highest BCUT2D eigenvalue weighted by molar-refractivity contribution is 5.92. The molecular formula is C26H32N2O4. The number of alkyl carbamates (subject to hydrolysis) is 1. The number of nitrogens with zero attached hydrogens (tertiary/aromatic N) is 1. The van der Waals surface area contributed by atoms with Crippen molar-refractivity contribution in [3.63, 3.8) is 0 Å². The Hall–Kier alpha value is -2.86. The van der Waals surface area contributed by atoms with Gasteiger partial charge in [-0.2, -0.15) is 0 Å². The monoisotopic (exact) mass is 436 g/mol. The standard InChI is InChI=1S/C26H32N2O4/c1-18-16-28(17-22(31-18)19-10-6-5-7-11-19)23(29)26(27-24(30)32-25(2,3)4)14-20-12-8-9-13-21(20)15-26/h5-13,18,22H,14-17H2,1-4H3,(H,27,30). The number of hydrogen-bond donors (Lipinski definition) is 1. The normalized spacial score (nSPS) is 22.2. The van der Waals surface area contributed by atoms with Gasteiger partial charge in [0.05, 0.1) is 12.6 Å². The minimum Gasteiger partial charge on any atom is -0.444 e. The minimum absolute atomic E-state index is 0.0874. The molecule has 32 heavy (non-hydrogen) atoms. The van der Waals surface area contributed by atoms with Crippen LogP contribution in [0.4, 0.5) is 4.79 Å². The van der Waals surface area contributed by atoms with Crippen molar-refractivity contribution in [1.29, 1.82) is 0 Å². The minimum atomic E-state index is -1.07. The molecule has 1 aliphatic carbocycles. The number of amides is 2. The Morgan fingerprint density at radius 2 is 1.59 bits per heavy atom. The van der Waals surface area contributed by atoms with Crippen LogP contribution in [-0.2, 0) is 27.1 Å². The fourth-order valence-corrected chi connectivity index (χ4v) is 4.68. The van der Waals surface area contributed by atoms with E-state index in [1.165, 1.54) is 0 Å². The average molecular weight is 437 g/mol. The second kappa shape index (κ2) is 8.58. The van der Waals surface area contributed by atoms with Crippen molar-refractivity contribution in [3.8, 4) is 0 Å². The second-order valence-electron chi connectivity index (χ2n) is 9.89. The smallest absolute Gasteiger partial charge is 0.408 e. The maximum atomic E-state index is 14.0. The predicted octanol–water partition coefficient (Wildman–Crippen LogP) is 4.04. The molecule has 1 N–H and O–H groups in total. The van der Waals surface area contributed by atoms with Crippen LogP contribution in [0.3, 0.4) is 0 Å². The summed E-state index contributed by atoms with van der Waals surface area (Å²) in [7, 11) is 0. The molecule has 4 rings (SSSR count). The molecule has 6 heteroatoms. The fraction of sp³-hybridized carbons (Fsp3) is 0.462. The van der Waals surface area contributed by atoms with Crippen molar-refractivity contribution in [2.45, 2.75) is 63.9 Å². The summed E-state index contributed by atoms with van der Waals surface area (Å²) < 4.78 is 11.7. The second-order valence-corrected chi connectivity index (χ2v) is 9.89. The van der Waals surface area contributed by atoms with E-state index in [1.54, 1.807) is 0 Å². The Morgan fingerprint density at radius 1 is 1.00 bits per heavy atom. The van der Waals surface area contributed by atoms with Crippen LogP contribution >= 0.6 is 0 Å². The zero-order chi connectivity index (χ0) is 22.9. The van der Waals surface area contributed by atoms with Crippen LogP contribution in [0.1, 0.15) is 50.5 Å².